The second kappa shape index (κ2) is 11.5. The highest BCUT2D eigenvalue weighted by Gasteiger charge is 2.09. The van der Waals surface area contributed by atoms with Crippen molar-refractivity contribution in [1.29, 1.82) is 0 Å². The maximum Gasteiger partial charge on any atom is 0.249 e. The van der Waals surface area contributed by atoms with E-state index in [1.165, 1.54) is 11.8 Å². The Labute approximate surface area is 199 Å². The number of nitrogens with one attached hydrogen (secondary N) is 2. The summed E-state index contributed by atoms with van der Waals surface area (Å²) in [6.45, 7) is 2.50. The van der Waals surface area contributed by atoms with E-state index in [0.717, 1.165) is 15.6 Å². The molecular formula is C24H21BrClN3O3. The lowest BCUT2D eigenvalue weighted by Gasteiger charge is -2.09. The van der Waals surface area contributed by atoms with Crippen LogP contribution in [0.2, 0.25) is 5.02 Å². The van der Waals surface area contributed by atoms with E-state index >= 15 is 0 Å². The number of anilines is 1. The molecule has 3 aromatic carbocycles. The van der Waals surface area contributed by atoms with Crippen LogP contribution in [0.4, 0.5) is 5.69 Å². The molecule has 0 aliphatic heterocycles. The highest BCUT2D eigenvalue weighted by atomic mass is 79.9. The molecule has 0 radical (unpaired) electrons. The summed E-state index contributed by atoms with van der Waals surface area (Å²) >= 11 is 9.29. The fraction of sp³-hybridized carbons (Fsp3) is 0.125. The third-order valence-electron chi connectivity index (χ3n) is 4.32. The van der Waals surface area contributed by atoms with Gasteiger partial charge < -0.3 is 10.1 Å². The summed E-state index contributed by atoms with van der Waals surface area (Å²) in [6, 6.07) is 20.2. The van der Waals surface area contributed by atoms with Crippen molar-refractivity contribution in [3.05, 3.63) is 92.9 Å². The van der Waals surface area contributed by atoms with Crippen molar-refractivity contribution in [3.8, 4) is 5.75 Å². The van der Waals surface area contributed by atoms with Gasteiger partial charge in [-0.3, -0.25) is 9.59 Å². The van der Waals surface area contributed by atoms with Gasteiger partial charge in [0.25, 0.3) is 0 Å². The van der Waals surface area contributed by atoms with Crippen LogP contribution < -0.4 is 15.5 Å². The highest BCUT2D eigenvalue weighted by Crippen LogP contribution is 2.26. The van der Waals surface area contributed by atoms with Crippen molar-refractivity contribution in [2.45, 2.75) is 20.0 Å². The Morgan fingerprint density at radius 1 is 1.03 bits per heavy atom. The van der Waals surface area contributed by atoms with E-state index in [4.69, 9.17) is 16.3 Å². The summed E-state index contributed by atoms with van der Waals surface area (Å²) in [5, 5.41) is 7.08. The van der Waals surface area contributed by atoms with Crippen LogP contribution in [0.5, 0.6) is 5.75 Å². The van der Waals surface area contributed by atoms with Crippen molar-refractivity contribution < 1.29 is 14.3 Å². The number of halogens is 2. The second-order valence-electron chi connectivity index (χ2n) is 6.99. The van der Waals surface area contributed by atoms with Gasteiger partial charge in [-0.15, -0.1) is 0 Å². The normalized spacial score (nSPS) is 10.7. The quantitative estimate of drug-likeness (QED) is 0.238. The molecule has 0 saturated carbocycles. The highest BCUT2D eigenvalue weighted by molar-refractivity contribution is 9.10. The minimum Gasteiger partial charge on any atom is -0.488 e. The Hall–Kier alpha value is -3.16. The predicted octanol–water partition coefficient (Wildman–Crippen LogP) is 5.47. The molecule has 6 nitrogen and oxygen atoms in total. The summed E-state index contributed by atoms with van der Waals surface area (Å²) in [5.41, 5.74) is 5.94. The minimum atomic E-state index is -0.523. The average Bonchev–Trinajstić information content (AvgIpc) is 2.76. The summed E-state index contributed by atoms with van der Waals surface area (Å²) in [4.78, 5) is 23.8. The number of ether oxygens (including phenoxy) is 1. The van der Waals surface area contributed by atoms with Crippen molar-refractivity contribution in [1.82, 2.24) is 5.43 Å². The van der Waals surface area contributed by atoms with Gasteiger partial charge in [-0.2, -0.15) is 5.10 Å². The van der Waals surface area contributed by atoms with Gasteiger partial charge in [0.1, 0.15) is 18.8 Å². The Morgan fingerprint density at radius 3 is 2.44 bits per heavy atom. The summed E-state index contributed by atoms with van der Waals surface area (Å²) in [7, 11) is 0. The molecule has 0 atom stereocenters. The van der Waals surface area contributed by atoms with E-state index in [-0.39, 0.29) is 6.42 Å². The van der Waals surface area contributed by atoms with Crippen LogP contribution in [0.15, 0.2) is 76.3 Å². The van der Waals surface area contributed by atoms with Gasteiger partial charge in [-0.05, 0) is 76.4 Å². The standard InChI is InChI=1S/C24H21BrClN3O3/c1-16-2-4-17(5-3-16)15-32-22-11-6-18(12-21(22)25)14-27-29-24(31)13-23(30)28-20-9-7-19(26)8-10-20/h2-12,14H,13,15H2,1H3,(H,28,30)(H,29,31). The number of hydrazone groups is 1. The number of carbonyl (C=O) groups is 2. The van der Waals surface area contributed by atoms with E-state index in [0.29, 0.717) is 23.1 Å². The van der Waals surface area contributed by atoms with Gasteiger partial charge in [0.2, 0.25) is 11.8 Å². The summed E-state index contributed by atoms with van der Waals surface area (Å²) in [6.07, 6.45) is 1.14. The van der Waals surface area contributed by atoms with Crippen molar-refractivity contribution in [2.75, 3.05) is 5.32 Å². The largest absolute Gasteiger partial charge is 0.488 e. The lowest BCUT2D eigenvalue weighted by atomic mass is 10.2. The van der Waals surface area contributed by atoms with Gasteiger partial charge in [0.15, 0.2) is 0 Å². The van der Waals surface area contributed by atoms with Crippen LogP contribution in [-0.2, 0) is 16.2 Å². The fourth-order valence-corrected chi connectivity index (χ4v) is 3.30. The van der Waals surface area contributed by atoms with E-state index in [1.54, 1.807) is 24.3 Å². The van der Waals surface area contributed by atoms with E-state index < -0.39 is 11.8 Å². The molecule has 32 heavy (non-hydrogen) atoms. The van der Waals surface area contributed by atoms with Gasteiger partial charge in [0.05, 0.1) is 10.7 Å². The monoisotopic (exact) mass is 513 g/mol. The molecule has 0 heterocycles. The van der Waals surface area contributed by atoms with Crippen molar-refractivity contribution >= 4 is 51.2 Å². The smallest absolute Gasteiger partial charge is 0.249 e. The zero-order chi connectivity index (χ0) is 22.9. The number of amides is 2. The SMILES string of the molecule is Cc1ccc(COc2ccc(C=NNC(=O)CC(=O)Nc3ccc(Cl)cc3)cc2Br)cc1. The zero-order valence-corrected chi connectivity index (χ0v) is 19.6. The molecule has 0 aliphatic rings. The fourth-order valence-electron chi connectivity index (χ4n) is 2.66. The van der Waals surface area contributed by atoms with E-state index in [1.807, 2.05) is 49.4 Å². The first kappa shape index (κ1) is 23.5. The Balaban J connectivity index is 1.46. The third-order valence-corrected chi connectivity index (χ3v) is 5.19. The lowest BCUT2D eigenvalue weighted by molar-refractivity contribution is -0.126. The van der Waals surface area contributed by atoms with Crippen LogP contribution in [0.3, 0.4) is 0 Å². The number of benzene rings is 3. The lowest BCUT2D eigenvalue weighted by Crippen LogP contribution is -2.24. The zero-order valence-electron chi connectivity index (χ0n) is 17.3. The molecule has 0 spiro atoms. The molecular weight excluding hydrogens is 494 g/mol. The van der Waals surface area contributed by atoms with Gasteiger partial charge in [0, 0.05) is 10.7 Å². The number of hydrogen-bond acceptors (Lipinski definition) is 4. The number of aryl methyl sites for hydroxylation is 1. The first-order chi connectivity index (χ1) is 15.4. The van der Waals surface area contributed by atoms with Gasteiger partial charge >= 0.3 is 0 Å². The molecule has 0 saturated heterocycles. The summed E-state index contributed by atoms with van der Waals surface area (Å²) in [5.74, 6) is -0.270. The van der Waals surface area contributed by atoms with Crippen LogP contribution in [0.1, 0.15) is 23.1 Å². The summed E-state index contributed by atoms with van der Waals surface area (Å²) < 4.78 is 6.61. The van der Waals surface area contributed by atoms with Crippen molar-refractivity contribution in [3.63, 3.8) is 0 Å². The molecule has 2 N–H and O–H groups in total. The first-order valence-corrected chi connectivity index (χ1v) is 10.9. The minimum absolute atomic E-state index is 0.352. The van der Waals surface area contributed by atoms with Crippen molar-refractivity contribution in [2.24, 2.45) is 5.10 Å². The van der Waals surface area contributed by atoms with Gasteiger partial charge in [-0.25, -0.2) is 5.43 Å². The topological polar surface area (TPSA) is 79.8 Å². The molecule has 3 aromatic rings. The van der Waals surface area contributed by atoms with Crippen LogP contribution >= 0.6 is 27.5 Å². The molecule has 8 heteroatoms. The van der Waals surface area contributed by atoms with Crippen LogP contribution in [0, 0.1) is 6.92 Å². The van der Waals surface area contributed by atoms with Crippen LogP contribution in [-0.4, -0.2) is 18.0 Å². The van der Waals surface area contributed by atoms with Gasteiger partial charge in [-0.1, -0.05) is 41.4 Å². The number of rotatable bonds is 8. The van der Waals surface area contributed by atoms with E-state index in [2.05, 4.69) is 31.8 Å². The molecule has 164 valence electrons. The Bertz CT molecular complexity index is 1120. The molecule has 0 aliphatic carbocycles. The number of carbonyl (C=O) groups excluding carboxylic acids is 2. The molecule has 2 amide bonds. The first-order valence-electron chi connectivity index (χ1n) is 9.74. The maximum absolute atomic E-state index is 11.9. The predicted molar refractivity (Wildman–Crippen MR) is 130 cm³/mol. The Morgan fingerprint density at radius 2 is 1.75 bits per heavy atom. The maximum atomic E-state index is 11.9. The Kier molecular flexibility index (Phi) is 8.41. The number of nitrogens with zero attached hydrogens (tertiary/aromatic N) is 1. The number of hydrogen-bond donors (Lipinski definition) is 2. The molecule has 0 aromatic heterocycles. The molecule has 0 unspecified atom stereocenters. The average molecular weight is 515 g/mol. The third kappa shape index (κ3) is 7.51. The van der Waals surface area contributed by atoms with Crippen LogP contribution in [0.25, 0.3) is 0 Å². The second-order valence-corrected chi connectivity index (χ2v) is 8.28. The van der Waals surface area contributed by atoms with E-state index in [9.17, 15) is 9.59 Å². The molecule has 3 rings (SSSR count). The molecule has 0 fully saturated rings. The molecule has 0 bridgehead atoms.